The highest BCUT2D eigenvalue weighted by atomic mass is 19.3. The maximum Gasteiger partial charge on any atom is 0.251 e. The third-order valence-electron chi connectivity index (χ3n) is 5.14. The van der Waals surface area contributed by atoms with Crippen LogP contribution in [0.25, 0.3) is 0 Å². The molecule has 0 saturated carbocycles. The molecule has 0 amide bonds. The van der Waals surface area contributed by atoms with Gasteiger partial charge in [-0.2, -0.15) is 0 Å². The van der Waals surface area contributed by atoms with Gasteiger partial charge in [0.15, 0.2) is 12.6 Å². The normalized spacial score (nSPS) is 22.1. The second-order valence-corrected chi connectivity index (χ2v) is 7.31. The predicted octanol–water partition coefficient (Wildman–Crippen LogP) is 2.87. The number of ether oxygens (including phenoxy) is 2. The molecule has 1 fully saturated rings. The van der Waals surface area contributed by atoms with Gasteiger partial charge >= 0.3 is 0 Å². The second kappa shape index (κ2) is 10.8. The zero-order valence-corrected chi connectivity index (χ0v) is 16.1. The van der Waals surface area contributed by atoms with E-state index in [0.29, 0.717) is 0 Å². The molecular weight excluding hydrogens is 380 g/mol. The largest absolute Gasteiger partial charge is 0.368 e. The average molecular weight is 407 g/mol. The Labute approximate surface area is 169 Å². The molecule has 0 aliphatic carbocycles. The van der Waals surface area contributed by atoms with E-state index in [2.05, 4.69) is 0 Å². The third-order valence-corrected chi connectivity index (χ3v) is 5.14. The Morgan fingerprint density at radius 3 is 1.59 bits per heavy atom. The van der Waals surface area contributed by atoms with Gasteiger partial charge in [-0.15, -0.1) is 0 Å². The molecule has 1 aliphatic heterocycles. The molecule has 3 rings (SSSR count). The number of aliphatic hydroxyl groups excluding tert-OH is 2. The molecule has 158 valence electrons. The summed E-state index contributed by atoms with van der Waals surface area (Å²) in [5, 5.41) is 21.1. The number of rotatable bonds is 10. The molecule has 1 saturated heterocycles. The first-order valence-electron chi connectivity index (χ1n) is 9.70. The van der Waals surface area contributed by atoms with Gasteiger partial charge in [-0.25, -0.2) is 8.78 Å². The van der Waals surface area contributed by atoms with Gasteiger partial charge in [0.1, 0.15) is 0 Å². The lowest BCUT2D eigenvalue weighted by atomic mass is 9.94. The number of aliphatic hydroxyl groups is 2. The van der Waals surface area contributed by atoms with Crippen molar-refractivity contribution in [2.45, 2.75) is 32.2 Å². The summed E-state index contributed by atoms with van der Waals surface area (Å²) >= 11 is 0. The maximum atomic E-state index is 12.9. The predicted molar refractivity (Wildman–Crippen MR) is 104 cm³/mol. The average Bonchev–Trinajstić information content (AvgIpc) is 3.15. The van der Waals surface area contributed by atoms with Crippen LogP contribution in [-0.4, -0.2) is 53.8 Å². The highest BCUT2D eigenvalue weighted by Crippen LogP contribution is 2.31. The van der Waals surface area contributed by atoms with Crippen LogP contribution in [0.5, 0.6) is 0 Å². The molecular formula is C22H27F2NO4. The van der Waals surface area contributed by atoms with Crippen molar-refractivity contribution in [1.82, 2.24) is 4.90 Å². The molecule has 2 N–H and O–H groups in total. The molecule has 0 bridgehead atoms. The van der Waals surface area contributed by atoms with Gasteiger partial charge in [-0.3, -0.25) is 4.90 Å². The monoisotopic (exact) mass is 407 g/mol. The summed E-state index contributed by atoms with van der Waals surface area (Å²) in [4.78, 5) is 1.53. The molecule has 5 nitrogen and oxygen atoms in total. The van der Waals surface area contributed by atoms with Gasteiger partial charge in [0.25, 0.3) is 6.43 Å². The third kappa shape index (κ3) is 6.55. The van der Waals surface area contributed by atoms with Gasteiger partial charge in [0.05, 0.1) is 19.8 Å². The lowest BCUT2D eigenvalue weighted by Gasteiger charge is -2.27. The maximum absolute atomic E-state index is 12.9. The zero-order valence-electron chi connectivity index (χ0n) is 16.1. The number of hydrogen-bond acceptors (Lipinski definition) is 5. The van der Waals surface area contributed by atoms with E-state index in [1.54, 1.807) is 0 Å². The van der Waals surface area contributed by atoms with Crippen molar-refractivity contribution >= 4 is 0 Å². The summed E-state index contributed by atoms with van der Waals surface area (Å²) in [6.07, 6.45) is -4.88. The topological polar surface area (TPSA) is 62.2 Å². The lowest BCUT2D eigenvalue weighted by molar-refractivity contribution is -0.193. The van der Waals surface area contributed by atoms with Crippen LogP contribution in [0.15, 0.2) is 60.7 Å². The Morgan fingerprint density at radius 2 is 1.21 bits per heavy atom. The van der Waals surface area contributed by atoms with Crippen molar-refractivity contribution in [3.63, 3.8) is 0 Å². The number of likely N-dealkylation sites (tertiary alicyclic amines) is 1. The number of halogens is 2. The van der Waals surface area contributed by atoms with E-state index in [4.69, 9.17) is 9.47 Å². The van der Waals surface area contributed by atoms with Crippen LogP contribution in [0, 0.1) is 11.8 Å². The number of hydrogen-bond donors (Lipinski definition) is 2. The minimum absolute atomic E-state index is 0.195. The number of alkyl halides is 2. The van der Waals surface area contributed by atoms with Crippen LogP contribution in [0.2, 0.25) is 0 Å². The van der Waals surface area contributed by atoms with Crippen LogP contribution in [-0.2, 0) is 22.7 Å². The van der Waals surface area contributed by atoms with Crippen LogP contribution >= 0.6 is 0 Å². The smallest absolute Gasteiger partial charge is 0.251 e. The fraction of sp³-hybridized carbons (Fsp3) is 0.455. The first-order valence-corrected chi connectivity index (χ1v) is 9.70. The van der Waals surface area contributed by atoms with E-state index in [1.807, 2.05) is 60.7 Å². The van der Waals surface area contributed by atoms with E-state index in [-0.39, 0.29) is 26.3 Å². The molecule has 2 aromatic rings. The molecule has 0 spiro atoms. The molecule has 1 aliphatic rings. The highest BCUT2D eigenvalue weighted by molar-refractivity contribution is 5.14. The Balaban J connectivity index is 1.61. The summed E-state index contributed by atoms with van der Waals surface area (Å²) in [5.74, 6) is -1.08. The van der Waals surface area contributed by atoms with Crippen molar-refractivity contribution in [2.75, 3.05) is 19.6 Å². The zero-order chi connectivity index (χ0) is 20.6. The highest BCUT2D eigenvalue weighted by Gasteiger charge is 2.42. The molecule has 7 heteroatoms. The standard InChI is InChI=1S/C22H27F2NO4/c23-20(24)13-25-11-18(21(26)28-14-16-7-3-1-4-8-16)19(12-25)22(27)29-15-17-9-5-2-6-10-17/h1-10,18-22,26-27H,11-15H2. The summed E-state index contributed by atoms with van der Waals surface area (Å²) in [6, 6.07) is 18.7. The van der Waals surface area contributed by atoms with Crippen molar-refractivity contribution < 1.29 is 28.5 Å². The summed E-state index contributed by atoms with van der Waals surface area (Å²) in [5.41, 5.74) is 1.79. The van der Waals surface area contributed by atoms with Crippen LogP contribution in [0.3, 0.4) is 0 Å². The van der Waals surface area contributed by atoms with Crippen LogP contribution in [0.4, 0.5) is 8.78 Å². The minimum atomic E-state index is -2.49. The Morgan fingerprint density at radius 1 is 0.793 bits per heavy atom. The number of nitrogens with zero attached hydrogens (tertiary/aromatic N) is 1. The van der Waals surface area contributed by atoms with E-state index in [0.717, 1.165) is 11.1 Å². The molecule has 4 unspecified atom stereocenters. The van der Waals surface area contributed by atoms with Gasteiger partial charge in [0, 0.05) is 24.9 Å². The molecule has 1 heterocycles. The molecule has 29 heavy (non-hydrogen) atoms. The fourth-order valence-corrected chi connectivity index (χ4v) is 3.65. The first kappa shape index (κ1) is 21.8. The van der Waals surface area contributed by atoms with Crippen molar-refractivity contribution in [3.05, 3.63) is 71.8 Å². The van der Waals surface area contributed by atoms with Gasteiger partial charge in [-0.05, 0) is 11.1 Å². The Hall–Kier alpha value is -1.90. The lowest BCUT2D eigenvalue weighted by Crippen LogP contribution is -2.37. The van der Waals surface area contributed by atoms with Crippen molar-refractivity contribution in [3.8, 4) is 0 Å². The summed E-state index contributed by atoms with van der Waals surface area (Å²) in [6.45, 7) is 0.388. The quantitative estimate of drug-likeness (QED) is 0.593. The summed E-state index contributed by atoms with van der Waals surface area (Å²) in [7, 11) is 0. The summed E-state index contributed by atoms with van der Waals surface area (Å²) < 4.78 is 36.9. The van der Waals surface area contributed by atoms with E-state index in [9.17, 15) is 19.0 Å². The fourth-order valence-electron chi connectivity index (χ4n) is 3.65. The van der Waals surface area contributed by atoms with Crippen LogP contribution in [0.1, 0.15) is 11.1 Å². The van der Waals surface area contributed by atoms with Crippen molar-refractivity contribution in [1.29, 1.82) is 0 Å². The van der Waals surface area contributed by atoms with Crippen molar-refractivity contribution in [2.24, 2.45) is 11.8 Å². The molecule has 0 radical (unpaired) electrons. The first-order chi connectivity index (χ1) is 14.0. The number of benzene rings is 2. The van der Waals surface area contributed by atoms with Gasteiger partial charge in [0.2, 0.25) is 0 Å². The molecule has 0 aromatic heterocycles. The van der Waals surface area contributed by atoms with Gasteiger partial charge < -0.3 is 19.7 Å². The molecule has 4 atom stereocenters. The molecule has 2 aromatic carbocycles. The minimum Gasteiger partial charge on any atom is -0.368 e. The van der Waals surface area contributed by atoms with E-state index in [1.165, 1.54) is 4.90 Å². The Kier molecular flexibility index (Phi) is 8.09. The Bertz CT molecular complexity index is 662. The van der Waals surface area contributed by atoms with E-state index < -0.39 is 37.4 Å². The second-order valence-electron chi connectivity index (χ2n) is 7.31. The van der Waals surface area contributed by atoms with Crippen LogP contribution < -0.4 is 0 Å². The SMILES string of the molecule is OC(OCc1ccccc1)C1CN(CC(F)F)CC1C(O)OCc1ccccc1. The van der Waals surface area contributed by atoms with Gasteiger partial charge in [-0.1, -0.05) is 60.7 Å². The van der Waals surface area contributed by atoms with E-state index >= 15 is 0 Å².